The highest BCUT2D eigenvalue weighted by molar-refractivity contribution is 7.99. The Labute approximate surface area is 112 Å². The van der Waals surface area contributed by atoms with Gasteiger partial charge < -0.3 is 5.11 Å². The molecule has 1 heterocycles. The van der Waals surface area contributed by atoms with Crippen molar-refractivity contribution in [1.82, 2.24) is 20.2 Å². The second kappa shape index (κ2) is 5.83. The molecule has 0 unspecified atom stereocenters. The molecule has 94 valence electrons. The lowest BCUT2D eigenvalue weighted by Crippen LogP contribution is -2.06. The van der Waals surface area contributed by atoms with Gasteiger partial charge in [-0.05, 0) is 28.1 Å². The molecule has 0 spiro atoms. The van der Waals surface area contributed by atoms with Gasteiger partial charge in [-0.15, -0.1) is 5.10 Å². The van der Waals surface area contributed by atoms with Crippen LogP contribution in [0, 0.1) is 0 Å². The Bertz CT molecular complexity index is 560. The summed E-state index contributed by atoms with van der Waals surface area (Å²) in [7, 11) is 0. The monoisotopic (exact) mass is 284 g/mol. The Hall–Kier alpha value is -1.60. The van der Waals surface area contributed by atoms with Crippen LogP contribution in [0.1, 0.15) is 5.56 Å². The van der Waals surface area contributed by atoms with Crippen LogP contribution >= 0.6 is 23.4 Å². The lowest BCUT2D eigenvalue weighted by molar-refractivity contribution is -0.133. The second-order valence-corrected chi connectivity index (χ2v) is 4.81. The van der Waals surface area contributed by atoms with Crippen molar-refractivity contribution in [2.45, 2.75) is 11.7 Å². The van der Waals surface area contributed by atoms with Gasteiger partial charge in [0.2, 0.25) is 5.16 Å². The molecule has 0 fully saturated rings. The molecule has 2 rings (SSSR count). The summed E-state index contributed by atoms with van der Waals surface area (Å²) in [4.78, 5) is 10.5. The Balaban J connectivity index is 2.10. The summed E-state index contributed by atoms with van der Waals surface area (Å²) in [6, 6.07) is 7.34. The van der Waals surface area contributed by atoms with Gasteiger partial charge in [-0.25, -0.2) is 4.68 Å². The maximum Gasteiger partial charge on any atom is 0.313 e. The number of benzene rings is 1. The van der Waals surface area contributed by atoms with E-state index in [0.717, 1.165) is 17.3 Å². The van der Waals surface area contributed by atoms with Crippen LogP contribution in [0.2, 0.25) is 5.02 Å². The molecule has 0 aliphatic rings. The summed E-state index contributed by atoms with van der Waals surface area (Å²) in [6.45, 7) is 0.454. The number of aliphatic carboxylic acids is 1. The number of hydrogen-bond acceptors (Lipinski definition) is 5. The van der Waals surface area contributed by atoms with Gasteiger partial charge in [-0.2, -0.15) is 0 Å². The van der Waals surface area contributed by atoms with Gasteiger partial charge in [-0.1, -0.05) is 35.5 Å². The molecule has 0 atom stereocenters. The Morgan fingerprint density at radius 1 is 1.50 bits per heavy atom. The third kappa shape index (κ3) is 3.44. The zero-order valence-electron chi connectivity index (χ0n) is 9.15. The molecule has 18 heavy (non-hydrogen) atoms. The summed E-state index contributed by atoms with van der Waals surface area (Å²) < 4.78 is 1.54. The number of carbonyl (C=O) groups is 1. The highest BCUT2D eigenvalue weighted by atomic mass is 35.5. The molecule has 1 N–H and O–H groups in total. The van der Waals surface area contributed by atoms with E-state index in [9.17, 15) is 4.79 Å². The van der Waals surface area contributed by atoms with Crippen molar-refractivity contribution in [2.75, 3.05) is 5.75 Å². The van der Waals surface area contributed by atoms with Crippen molar-refractivity contribution in [3.8, 4) is 0 Å². The number of tetrazole rings is 1. The standard InChI is InChI=1S/C10H9ClN4O2S/c11-8-3-1-2-7(4-8)5-15-10(12-13-14-15)18-6-9(16)17/h1-4H,5-6H2,(H,16,17). The first-order valence-electron chi connectivity index (χ1n) is 5.00. The second-order valence-electron chi connectivity index (χ2n) is 3.43. The van der Waals surface area contributed by atoms with Crippen LogP contribution in [0.5, 0.6) is 0 Å². The van der Waals surface area contributed by atoms with Crippen LogP contribution in [0.25, 0.3) is 0 Å². The number of nitrogens with zero attached hydrogens (tertiary/aromatic N) is 4. The summed E-state index contributed by atoms with van der Waals surface area (Å²) in [5.74, 6) is -0.979. The van der Waals surface area contributed by atoms with Crippen LogP contribution in [0.4, 0.5) is 0 Å². The molecular formula is C10H9ClN4O2S. The highest BCUT2D eigenvalue weighted by Crippen LogP contribution is 2.16. The van der Waals surface area contributed by atoms with Gasteiger partial charge >= 0.3 is 5.97 Å². The van der Waals surface area contributed by atoms with Crippen molar-refractivity contribution >= 4 is 29.3 Å². The molecule has 2 aromatic rings. The first-order valence-corrected chi connectivity index (χ1v) is 6.36. The summed E-state index contributed by atoms with van der Waals surface area (Å²) in [5, 5.41) is 20.9. The largest absolute Gasteiger partial charge is 0.481 e. The molecule has 0 radical (unpaired) electrons. The van der Waals surface area contributed by atoms with E-state index in [2.05, 4.69) is 15.5 Å². The van der Waals surface area contributed by atoms with Crippen molar-refractivity contribution in [1.29, 1.82) is 0 Å². The highest BCUT2D eigenvalue weighted by Gasteiger charge is 2.09. The lowest BCUT2D eigenvalue weighted by atomic mass is 10.2. The van der Waals surface area contributed by atoms with E-state index >= 15 is 0 Å². The normalized spacial score (nSPS) is 10.5. The van der Waals surface area contributed by atoms with Crippen molar-refractivity contribution in [2.24, 2.45) is 0 Å². The average Bonchev–Trinajstić information content (AvgIpc) is 2.74. The SMILES string of the molecule is O=C(O)CSc1nnnn1Cc1cccc(Cl)c1. The molecule has 8 heteroatoms. The smallest absolute Gasteiger partial charge is 0.313 e. The average molecular weight is 285 g/mol. The van der Waals surface area contributed by atoms with E-state index in [-0.39, 0.29) is 5.75 Å². The topological polar surface area (TPSA) is 80.9 Å². The minimum absolute atomic E-state index is 0.0735. The maximum absolute atomic E-state index is 10.5. The number of thioether (sulfide) groups is 1. The Morgan fingerprint density at radius 3 is 3.06 bits per heavy atom. The number of carboxylic acid groups (broad SMARTS) is 1. The fourth-order valence-corrected chi connectivity index (χ4v) is 2.14. The van der Waals surface area contributed by atoms with Gasteiger partial charge in [0, 0.05) is 5.02 Å². The lowest BCUT2D eigenvalue weighted by Gasteiger charge is -2.03. The fourth-order valence-electron chi connectivity index (χ4n) is 1.33. The van der Waals surface area contributed by atoms with Crippen molar-refractivity contribution < 1.29 is 9.90 Å². The van der Waals surface area contributed by atoms with E-state index in [1.807, 2.05) is 18.2 Å². The third-order valence-corrected chi connectivity index (χ3v) is 3.22. The first kappa shape index (κ1) is 12.8. The van der Waals surface area contributed by atoms with Crippen molar-refractivity contribution in [3.05, 3.63) is 34.9 Å². The number of carboxylic acids is 1. The van der Waals surface area contributed by atoms with Gasteiger partial charge in [0.1, 0.15) is 0 Å². The fraction of sp³-hybridized carbons (Fsp3) is 0.200. The molecule has 0 amide bonds. The zero-order valence-corrected chi connectivity index (χ0v) is 10.7. The predicted octanol–water partition coefficient (Wildman–Crippen LogP) is 1.55. The van der Waals surface area contributed by atoms with E-state index in [4.69, 9.17) is 16.7 Å². The minimum Gasteiger partial charge on any atom is -0.481 e. The quantitative estimate of drug-likeness (QED) is 0.839. The zero-order chi connectivity index (χ0) is 13.0. The summed E-state index contributed by atoms with van der Waals surface area (Å²) in [6.07, 6.45) is 0. The maximum atomic E-state index is 10.5. The molecule has 6 nitrogen and oxygen atoms in total. The number of hydrogen-bond donors (Lipinski definition) is 1. The van der Waals surface area contributed by atoms with E-state index < -0.39 is 5.97 Å². The van der Waals surface area contributed by atoms with Gasteiger partial charge in [0.05, 0.1) is 12.3 Å². The molecule has 0 aliphatic carbocycles. The number of rotatable bonds is 5. The minimum atomic E-state index is -0.905. The molecule has 1 aromatic carbocycles. The molecule has 0 saturated carbocycles. The molecule has 0 saturated heterocycles. The van der Waals surface area contributed by atoms with Crippen LogP contribution in [0.3, 0.4) is 0 Å². The van der Waals surface area contributed by atoms with Crippen LogP contribution < -0.4 is 0 Å². The first-order chi connectivity index (χ1) is 8.65. The van der Waals surface area contributed by atoms with Crippen LogP contribution in [0.15, 0.2) is 29.4 Å². The molecule has 0 aliphatic heterocycles. The van der Waals surface area contributed by atoms with E-state index in [1.165, 1.54) is 0 Å². The van der Waals surface area contributed by atoms with E-state index in [1.54, 1.807) is 10.7 Å². The molecule has 0 bridgehead atoms. The summed E-state index contributed by atoms with van der Waals surface area (Å²) in [5.41, 5.74) is 0.951. The Kier molecular flexibility index (Phi) is 4.16. The number of aromatic nitrogens is 4. The van der Waals surface area contributed by atoms with Crippen LogP contribution in [-0.2, 0) is 11.3 Å². The van der Waals surface area contributed by atoms with Gasteiger partial charge in [0.15, 0.2) is 0 Å². The van der Waals surface area contributed by atoms with Crippen molar-refractivity contribution in [3.63, 3.8) is 0 Å². The predicted molar refractivity (Wildman–Crippen MR) is 66.7 cm³/mol. The number of halogens is 1. The molecular weight excluding hydrogens is 276 g/mol. The molecule has 1 aromatic heterocycles. The Morgan fingerprint density at radius 2 is 2.33 bits per heavy atom. The third-order valence-electron chi connectivity index (χ3n) is 2.05. The van der Waals surface area contributed by atoms with E-state index in [0.29, 0.717) is 16.7 Å². The van der Waals surface area contributed by atoms with Gasteiger partial charge in [-0.3, -0.25) is 4.79 Å². The van der Waals surface area contributed by atoms with Crippen LogP contribution in [-0.4, -0.2) is 37.0 Å². The van der Waals surface area contributed by atoms with Gasteiger partial charge in [0.25, 0.3) is 0 Å². The summed E-state index contributed by atoms with van der Waals surface area (Å²) >= 11 is 6.96.